The summed E-state index contributed by atoms with van der Waals surface area (Å²) in [6.07, 6.45) is 0. The number of hydrogen-bond donors (Lipinski definition) is 4. The Bertz CT molecular complexity index is 375. The zero-order valence-corrected chi connectivity index (χ0v) is 8.08. The molecule has 0 fully saturated rings. The second kappa shape index (κ2) is 4.02. The maximum Gasteiger partial charge on any atom is 0.488 e. The van der Waals surface area contributed by atoms with Gasteiger partial charge in [-0.05, 0) is 17.9 Å². The van der Waals surface area contributed by atoms with E-state index in [1.165, 1.54) is 24.3 Å². The van der Waals surface area contributed by atoms with Crippen molar-refractivity contribution in [3.8, 4) is 0 Å². The van der Waals surface area contributed by atoms with E-state index < -0.39 is 18.7 Å². The van der Waals surface area contributed by atoms with Gasteiger partial charge in [-0.2, -0.15) is 0 Å². The van der Waals surface area contributed by atoms with Gasteiger partial charge in [0.15, 0.2) is 5.60 Å². The lowest BCUT2D eigenvalue weighted by molar-refractivity contribution is -0.157. The van der Waals surface area contributed by atoms with E-state index in [2.05, 4.69) is 0 Å². The van der Waals surface area contributed by atoms with Crippen LogP contribution < -0.4 is 5.46 Å². The molecule has 0 radical (unpaired) electrons. The molecule has 0 heterocycles. The van der Waals surface area contributed by atoms with Crippen LogP contribution in [0.5, 0.6) is 0 Å². The van der Waals surface area contributed by atoms with Gasteiger partial charge >= 0.3 is 13.1 Å². The highest BCUT2D eigenvalue weighted by Gasteiger charge is 2.32. The van der Waals surface area contributed by atoms with Crippen LogP contribution in [-0.2, 0) is 10.4 Å². The van der Waals surface area contributed by atoms with Gasteiger partial charge in [-0.15, -0.1) is 0 Å². The Labute approximate surface area is 86.8 Å². The highest BCUT2D eigenvalue weighted by molar-refractivity contribution is 6.58. The molecule has 0 aromatic heterocycles. The maximum atomic E-state index is 10.7. The molecule has 0 unspecified atom stereocenters. The highest BCUT2D eigenvalue weighted by atomic mass is 16.4. The van der Waals surface area contributed by atoms with Gasteiger partial charge in [-0.3, -0.25) is 0 Å². The van der Waals surface area contributed by atoms with E-state index >= 15 is 0 Å². The maximum absolute atomic E-state index is 10.7. The Kier molecular flexibility index (Phi) is 3.14. The number of carbonyl (C=O) groups is 1. The molecule has 0 bridgehead atoms. The summed E-state index contributed by atoms with van der Waals surface area (Å²) in [5.41, 5.74) is -1.81. The van der Waals surface area contributed by atoms with Gasteiger partial charge in [0.25, 0.3) is 0 Å². The molecule has 0 saturated heterocycles. The predicted molar refractivity (Wildman–Crippen MR) is 53.5 cm³/mol. The fourth-order valence-electron chi connectivity index (χ4n) is 1.13. The second-order valence-electron chi connectivity index (χ2n) is 3.38. The lowest BCUT2D eigenvalue weighted by Crippen LogP contribution is -2.35. The number of aliphatic hydroxyl groups is 1. The summed E-state index contributed by atoms with van der Waals surface area (Å²) in [6, 6.07) is 5.51. The van der Waals surface area contributed by atoms with Crippen molar-refractivity contribution in [2.24, 2.45) is 0 Å². The normalized spacial score (nSPS) is 14.4. The van der Waals surface area contributed by atoms with E-state index in [4.69, 9.17) is 15.2 Å². The zero-order chi connectivity index (χ0) is 11.6. The van der Waals surface area contributed by atoms with Crippen LogP contribution in [-0.4, -0.2) is 33.3 Å². The average molecular weight is 210 g/mol. The second-order valence-corrected chi connectivity index (χ2v) is 3.38. The third kappa shape index (κ3) is 2.35. The molecule has 5 nitrogen and oxygen atoms in total. The minimum Gasteiger partial charge on any atom is -0.479 e. The van der Waals surface area contributed by atoms with Crippen molar-refractivity contribution in [1.29, 1.82) is 0 Å². The van der Waals surface area contributed by atoms with Gasteiger partial charge in [-0.25, -0.2) is 4.79 Å². The number of rotatable bonds is 3. The van der Waals surface area contributed by atoms with Gasteiger partial charge < -0.3 is 20.3 Å². The highest BCUT2D eigenvalue weighted by Crippen LogP contribution is 2.19. The van der Waals surface area contributed by atoms with Crippen molar-refractivity contribution in [2.75, 3.05) is 0 Å². The third-order valence-corrected chi connectivity index (χ3v) is 2.16. The first-order valence-electron chi connectivity index (χ1n) is 4.28. The zero-order valence-electron chi connectivity index (χ0n) is 8.08. The number of carboxylic acids is 1. The summed E-state index contributed by atoms with van der Waals surface area (Å²) in [5.74, 6) is -1.40. The van der Waals surface area contributed by atoms with E-state index in [1.807, 2.05) is 0 Å². The smallest absolute Gasteiger partial charge is 0.479 e. The molecule has 1 aromatic rings. The summed E-state index contributed by atoms with van der Waals surface area (Å²) >= 11 is 0. The quantitative estimate of drug-likeness (QED) is 0.463. The van der Waals surface area contributed by atoms with Gasteiger partial charge in [0.05, 0.1) is 0 Å². The van der Waals surface area contributed by atoms with Crippen LogP contribution in [0.25, 0.3) is 0 Å². The Morgan fingerprint density at radius 1 is 1.40 bits per heavy atom. The van der Waals surface area contributed by atoms with E-state index in [1.54, 1.807) is 0 Å². The predicted octanol–water partition coefficient (Wildman–Crippen LogP) is -1.34. The van der Waals surface area contributed by atoms with Crippen molar-refractivity contribution < 1.29 is 25.1 Å². The number of aliphatic carboxylic acids is 1. The lowest BCUT2D eigenvalue weighted by Gasteiger charge is -2.18. The fraction of sp³-hybridized carbons (Fsp3) is 0.222. The van der Waals surface area contributed by atoms with Gasteiger partial charge in [-0.1, -0.05) is 24.3 Å². The number of benzene rings is 1. The first-order chi connectivity index (χ1) is 6.85. The Morgan fingerprint density at radius 2 is 2.00 bits per heavy atom. The molecule has 1 atom stereocenters. The SMILES string of the molecule is C[C@](O)(C(=O)O)c1cccc(B(O)O)c1. The first-order valence-corrected chi connectivity index (χ1v) is 4.28. The molecular weight excluding hydrogens is 199 g/mol. The van der Waals surface area contributed by atoms with Gasteiger partial charge in [0.2, 0.25) is 0 Å². The fourth-order valence-corrected chi connectivity index (χ4v) is 1.13. The van der Waals surface area contributed by atoms with Crippen molar-refractivity contribution in [3.05, 3.63) is 29.8 Å². The third-order valence-electron chi connectivity index (χ3n) is 2.16. The Morgan fingerprint density at radius 3 is 2.47 bits per heavy atom. The standard InChI is InChI=1S/C9H11BO5/c1-9(13,8(11)12)6-3-2-4-7(5-6)10(14)15/h2-5,13-15H,1H3,(H,11,12)/t9-/m1/s1. The van der Waals surface area contributed by atoms with Crippen LogP contribution in [0.1, 0.15) is 12.5 Å². The summed E-state index contributed by atoms with van der Waals surface area (Å²) in [7, 11) is -1.69. The summed E-state index contributed by atoms with van der Waals surface area (Å²) in [5, 5.41) is 36.1. The van der Waals surface area contributed by atoms with Crippen LogP contribution in [0.15, 0.2) is 24.3 Å². The van der Waals surface area contributed by atoms with Crippen LogP contribution in [0, 0.1) is 0 Å². The van der Waals surface area contributed by atoms with Crippen molar-refractivity contribution in [2.45, 2.75) is 12.5 Å². The monoisotopic (exact) mass is 210 g/mol. The molecule has 15 heavy (non-hydrogen) atoms. The largest absolute Gasteiger partial charge is 0.488 e. The van der Waals surface area contributed by atoms with Gasteiger partial charge in [0.1, 0.15) is 0 Å². The van der Waals surface area contributed by atoms with Crippen LogP contribution in [0.4, 0.5) is 0 Å². The molecule has 0 spiro atoms. The van der Waals surface area contributed by atoms with E-state index in [0.29, 0.717) is 0 Å². The minimum absolute atomic E-state index is 0.0978. The molecule has 6 heteroatoms. The number of carboxylic acid groups (broad SMARTS) is 1. The molecule has 1 aromatic carbocycles. The Hall–Kier alpha value is -1.37. The molecule has 0 amide bonds. The van der Waals surface area contributed by atoms with Crippen molar-refractivity contribution in [1.82, 2.24) is 0 Å². The average Bonchev–Trinajstić information content (AvgIpc) is 2.17. The lowest BCUT2D eigenvalue weighted by atomic mass is 9.78. The summed E-state index contributed by atoms with van der Waals surface area (Å²) in [4.78, 5) is 10.7. The number of hydrogen-bond acceptors (Lipinski definition) is 4. The summed E-state index contributed by atoms with van der Waals surface area (Å²) in [6.45, 7) is 1.12. The van der Waals surface area contributed by atoms with E-state index in [9.17, 15) is 9.90 Å². The molecular formula is C9H11BO5. The Balaban J connectivity index is 3.16. The summed E-state index contributed by atoms with van der Waals surface area (Å²) < 4.78 is 0. The van der Waals surface area contributed by atoms with Crippen LogP contribution >= 0.6 is 0 Å². The van der Waals surface area contributed by atoms with E-state index in [0.717, 1.165) is 6.92 Å². The molecule has 80 valence electrons. The van der Waals surface area contributed by atoms with Crippen molar-refractivity contribution in [3.63, 3.8) is 0 Å². The molecule has 0 saturated carbocycles. The first kappa shape index (κ1) is 11.7. The van der Waals surface area contributed by atoms with Gasteiger partial charge in [0, 0.05) is 0 Å². The molecule has 0 aliphatic carbocycles. The molecule has 4 N–H and O–H groups in total. The minimum atomic E-state index is -2.04. The van der Waals surface area contributed by atoms with E-state index in [-0.39, 0.29) is 11.0 Å². The molecule has 0 aliphatic rings. The van der Waals surface area contributed by atoms with Crippen LogP contribution in [0.2, 0.25) is 0 Å². The topological polar surface area (TPSA) is 98.0 Å². The van der Waals surface area contributed by atoms with Crippen molar-refractivity contribution >= 4 is 18.6 Å². The molecule has 0 aliphatic heterocycles. The molecule has 1 rings (SSSR count). The van der Waals surface area contributed by atoms with Crippen LogP contribution in [0.3, 0.4) is 0 Å².